The third kappa shape index (κ3) is 6.74. The van der Waals surface area contributed by atoms with Gasteiger partial charge in [-0.2, -0.15) is 0 Å². The van der Waals surface area contributed by atoms with E-state index in [-0.39, 0.29) is 6.10 Å². The fourth-order valence-electron chi connectivity index (χ4n) is 3.67. The normalized spacial score (nSPS) is 20.1. The first-order valence-corrected chi connectivity index (χ1v) is 9.99. The van der Waals surface area contributed by atoms with Crippen molar-refractivity contribution in [2.45, 2.75) is 38.1 Å². The van der Waals surface area contributed by atoms with Crippen LogP contribution in [0.3, 0.4) is 0 Å². The van der Waals surface area contributed by atoms with E-state index in [9.17, 15) is 0 Å². The van der Waals surface area contributed by atoms with Crippen LogP contribution in [0.1, 0.15) is 24.0 Å². The molecule has 2 aromatic rings. The molecule has 1 fully saturated rings. The lowest BCUT2D eigenvalue weighted by Gasteiger charge is -2.31. The Balaban J connectivity index is 1.50. The average Bonchev–Trinajstić information content (AvgIpc) is 2.73. The van der Waals surface area contributed by atoms with Gasteiger partial charge in [0.05, 0.1) is 12.7 Å². The summed E-state index contributed by atoms with van der Waals surface area (Å²) in [5, 5.41) is 3.67. The van der Waals surface area contributed by atoms with Gasteiger partial charge in [0.15, 0.2) is 0 Å². The maximum absolute atomic E-state index is 5.54. The summed E-state index contributed by atoms with van der Waals surface area (Å²) in [5.41, 5.74) is 2.73. The Morgan fingerprint density at radius 2 is 1.63 bits per heavy atom. The van der Waals surface area contributed by atoms with Gasteiger partial charge in [0, 0.05) is 39.4 Å². The molecule has 2 atom stereocenters. The molecule has 1 heterocycles. The van der Waals surface area contributed by atoms with Gasteiger partial charge in [0.25, 0.3) is 0 Å². The predicted molar refractivity (Wildman–Crippen MR) is 110 cm³/mol. The summed E-state index contributed by atoms with van der Waals surface area (Å²) in [6.07, 6.45) is 2.31. The molecule has 0 saturated carbocycles. The zero-order valence-electron chi connectivity index (χ0n) is 16.3. The van der Waals surface area contributed by atoms with E-state index < -0.39 is 0 Å². The molecule has 146 valence electrons. The highest BCUT2D eigenvalue weighted by Crippen LogP contribution is 2.12. The van der Waals surface area contributed by atoms with Crippen LogP contribution in [0.4, 0.5) is 0 Å². The molecule has 1 saturated heterocycles. The minimum Gasteiger partial charge on any atom is -0.379 e. The Bertz CT molecular complexity index is 594. The number of hydrogen-bond acceptors (Lipinski definition) is 4. The minimum atomic E-state index is 0.170. The molecule has 4 nitrogen and oxygen atoms in total. The largest absolute Gasteiger partial charge is 0.379 e. The highest BCUT2D eigenvalue weighted by Gasteiger charge is 2.24. The van der Waals surface area contributed by atoms with Crippen LogP contribution in [-0.4, -0.2) is 50.5 Å². The molecule has 1 N–H and O–H groups in total. The number of ether oxygens (including phenoxy) is 2. The lowest BCUT2D eigenvalue weighted by molar-refractivity contribution is -0.0497. The molecular formula is C23H32N2O2. The van der Waals surface area contributed by atoms with E-state index in [2.05, 4.69) is 70.9 Å². The number of nitrogens with one attached hydrogen (secondary N) is 1. The molecule has 0 radical (unpaired) electrons. The first-order valence-electron chi connectivity index (χ1n) is 9.99. The van der Waals surface area contributed by atoms with Crippen molar-refractivity contribution in [2.75, 3.05) is 33.4 Å². The van der Waals surface area contributed by atoms with E-state index in [1.165, 1.54) is 11.1 Å². The van der Waals surface area contributed by atoms with Crippen LogP contribution in [0.25, 0.3) is 0 Å². The van der Waals surface area contributed by atoms with Crippen molar-refractivity contribution >= 4 is 0 Å². The van der Waals surface area contributed by atoms with Crippen LogP contribution in [0.2, 0.25) is 0 Å². The number of rotatable bonds is 10. The number of benzene rings is 2. The monoisotopic (exact) mass is 368 g/mol. The Morgan fingerprint density at radius 1 is 1.00 bits per heavy atom. The second kappa shape index (κ2) is 11.2. The Labute approximate surface area is 163 Å². The summed E-state index contributed by atoms with van der Waals surface area (Å²) in [6.45, 7) is 5.55. The highest BCUT2D eigenvalue weighted by molar-refractivity contribution is 5.17. The molecule has 0 bridgehead atoms. The molecule has 27 heavy (non-hydrogen) atoms. The van der Waals surface area contributed by atoms with Crippen LogP contribution in [-0.2, 0) is 22.6 Å². The van der Waals surface area contributed by atoms with Crippen molar-refractivity contribution in [1.82, 2.24) is 10.2 Å². The van der Waals surface area contributed by atoms with Crippen LogP contribution in [0.5, 0.6) is 0 Å². The van der Waals surface area contributed by atoms with Gasteiger partial charge < -0.3 is 14.8 Å². The van der Waals surface area contributed by atoms with Crippen molar-refractivity contribution < 1.29 is 9.47 Å². The molecule has 3 rings (SSSR count). The molecule has 2 unspecified atom stereocenters. The third-order valence-corrected chi connectivity index (χ3v) is 5.16. The summed E-state index contributed by atoms with van der Waals surface area (Å²) in [5.74, 6) is 0. The lowest BCUT2D eigenvalue weighted by atomic mass is 10.1. The molecule has 4 heteroatoms. The van der Waals surface area contributed by atoms with Crippen LogP contribution >= 0.6 is 0 Å². The molecule has 1 aliphatic heterocycles. The van der Waals surface area contributed by atoms with E-state index >= 15 is 0 Å². The van der Waals surface area contributed by atoms with E-state index in [4.69, 9.17) is 9.47 Å². The van der Waals surface area contributed by atoms with Gasteiger partial charge in [0.1, 0.15) is 0 Å². The highest BCUT2D eigenvalue weighted by atomic mass is 16.5. The third-order valence-electron chi connectivity index (χ3n) is 5.16. The van der Waals surface area contributed by atoms with Crippen LogP contribution in [0, 0.1) is 0 Å². The zero-order chi connectivity index (χ0) is 18.7. The second-order valence-corrected chi connectivity index (χ2v) is 7.23. The zero-order valence-corrected chi connectivity index (χ0v) is 16.3. The van der Waals surface area contributed by atoms with Gasteiger partial charge in [0.2, 0.25) is 0 Å². The molecular weight excluding hydrogens is 336 g/mol. The maximum Gasteiger partial charge on any atom is 0.0957 e. The number of hydrogen-bond donors (Lipinski definition) is 1. The standard InChI is InChI=1S/C23H32N2O2/c1-26-23-19-27-16-13-22(23)24-14-8-15-25(17-20-9-4-2-5-10-20)18-21-11-6-3-7-12-21/h2-7,9-12,22-24H,8,13-19H2,1H3. The molecule has 2 aromatic carbocycles. The topological polar surface area (TPSA) is 33.7 Å². The van der Waals surface area contributed by atoms with Crippen LogP contribution < -0.4 is 5.32 Å². The number of nitrogens with zero attached hydrogens (tertiary/aromatic N) is 1. The Hall–Kier alpha value is -1.72. The molecule has 0 aliphatic carbocycles. The SMILES string of the molecule is COC1COCCC1NCCCN(Cc1ccccc1)Cc1ccccc1. The molecule has 0 aromatic heterocycles. The minimum absolute atomic E-state index is 0.170. The van der Waals surface area contributed by atoms with Crippen molar-refractivity contribution in [2.24, 2.45) is 0 Å². The first kappa shape index (κ1) is 20.0. The summed E-state index contributed by atoms with van der Waals surface area (Å²) < 4.78 is 11.0. The van der Waals surface area contributed by atoms with Gasteiger partial charge in [-0.3, -0.25) is 4.90 Å². The predicted octanol–water partition coefficient (Wildman–Crippen LogP) is 3.47. The fourth-order valence-corrected chi connectivity index (χ4v) is 3.67. The van der Waals surface area contributed by atoms with Gasteiger partial charge in [-0.25, -0.2) is 0 Å². The maximum atomic E-state index is 5.54. The van der Waals surface area contributed by atoms with Crippen molar-refractivity contribution in [1.29, 1.82) is 0 Å². The average molecular weight is 369 g/mol. The summed E-state index contributed by atoms with van der Waals surface area (Å²) >= 11 is 0. The van der Waals surface area contributed by atoms with E-state index in [1.54, 1.807) is 7.11 Å². The fraction of sp³-hybridized carbons (Fsp3) is 0.478. The lowest BCUT2D eigenvalue weighted by Crippen LogP contribution is -2.48. The van der Waals surface area contributed by atoms with Crippen molar-refractivity contribution in [3.05, 3.63) is 71.8 Å². The molecule has 1 aliphatic rings. The van der Waals surface area contributed by atoms with Gasteiger partial charge >= 0.3 is 0 Å². The molecule has 0 spiro atoms. The first-order chi connectivity index (χ1) is 13.3. The molecule has 0 amide bonds. The second-order valence-electron chi connectivity index (χ2n) is 7.23. The van der Waals surface area contributed by atoms with Crippen molar-refractivity contribution in [3.63, 3.8) is 0 Å². The van der Waals surface area contributed by atoms with Crippen LogP contribution in [0.15, 0.2) is 60.7 Å². The smallest absolute Gasteiger partial charge is 0.0957 e. The summed E-state index contributed by atoms with van der Waals surface area (Å²) in [7, 11) is 1.77. The van der Waals surface area contributed by atoms with E-state index in [0.717, 1.165) is 45.6 Å². The quantitative estimate of drug-likeness (QED) is 0.651. The Kier molecular flexibility index (Phi) is 8.31. The van der Waals surface area contributed by atoms with Gasteiger partial charge in [-0.05, 0) is 30.5 Å². The van der Waals surface area contributed by atoms with Crippen molar-refractivity contribution in [3.8, 4) is 0 Å². The van der Waals surface area contributed by atoms with Gasteiger partial charge in [-0.1, -0.05) is 60.7 Å². The van der Waals surface area contributed by atoms with Gasteiger partial charge in [-0.15, -0.1) is 0 Å². The van der Waals surface area contributed by atoms with E-state index in [1.807, 2.05) is 0 Å². The summed E-state index contributed by atoms with van der Waals surface area (Å²) in [6, 6.07) is 21.9. The Morgan fingerprint density at radius 3 is 2.22 bits per heavy atom. The summed E-state index contributed by atoms with van der Waals surface area (Å²) in [4.78, 5) is 2.53. The number of methoxy groups -OCH3 is 1. The van der Waals surface area contributed by atoms with E-state index in [0.29, 0.717) is 12.6 Å².